The highest BCUT2D eigenvalue weighted by Crippen LogP contribution is 2.28. The molecule has 29 heavy (non-hydrogen) atoms. The van der Waals surface area contributed by atoms with Crippen LogP contribution >= 0.6 is 0 Å². The van der Waals surface area contributed by atoms with Crippen LogP contribution in [-0.2, 0) is 4.74 Å². The number of rotatable bonds is 5. The van der Waals surface area contributed by atoms with Crippen LogP contribution in [0.3, 0.4) is 0 Å². The highest BCUT2D eigenvalue weighted by molar-refractivity contribution is 5.90. The number of anilines is 3. The van der Waals surface area contributed by atoms with E-state index in [0.717, 1.165) is 5.01 Å². The summed E-state index contributed by atoms with van der Waals surface area (Å²) in [6.45, 7) is 1.19. The van der Waals surface area contributed by atoms with E-state index in [1.807, 2.05) is 0 Å². The average molecular weight is 403 g/mol. The van der Waals surface area contributed by atoms with Gasteiger partial charge in [-0.1, -0.05) is 5.16 Å². The molecule has 2 aliphatic heterocycles. The lowest BCUT2D eigenvalue weighted by molar-refractivity contribution is 0.147. The Morgan fingerprint density at radius 3 is 2.86 bits per heavy atom. The fourth-order valence-electron chi connectivity index (χ4n) is 3.05. The highest BCUT2D eigenvalue weighted by atomic mass is 19.1. The molecule has 0 spiro atoms. The zero-order valence-corrected chi connectivity index (χ0v) is 15.2. The van der Waals surface area contributed by atoms with Crippen molar-refractivity contribution in [3.8, 4) is 0 Å². The van der Waals surface area contributed by atoms with Crippen LogP contribution in [0, 0.1) is 5.82 Å². The number of cyclic esters (lactones) is 1. The number of nitrogens with two attached hydrogens (primary N) is 1. The van der Waals surface area contributed by atoms with E-state index < -0.39 is 24.0 Å². The third-order valence-corrected chi connectivity index (χ3v) is 4.51. The molecule has 1 aromatic heterocycles. The molecule has 3 amide bonds. The number of benzene rings is 1. The predicted octanol–water partition coefficient (Wildman–Crippen LogP) is 1.39. The second kappa shape index (κ2) is 7.66. The number of primary amides is 1. The summed E-state index contributed by atoms with van der Waals surface area (Å²) >= 11 is 0. The Hall–Kier alpha value is -3.83. The quantitative estimate of drug-likeness (QED) is 0.772. The van der Waals surface area contributed by atoms with E-state index in [-0.39, 0.29) is 18.8 Å². The Balaban J connectivity index is 1.42. The number of carbonyl (C=O) groups excluding carboxylic acids is 2. The number of aromatic nitrogens is 1. The Morgan fingerprint density at radius 2 is 2.21 bits per heavy atom. The molecule has 0 aliphatic carbocycles. The lowest BCUT2D eigenvalue weighted by Gasteiger charge is -2.28. The summed E-state index contributed by atoms with van der Waals surface area (Å²) in [5.41, 5.74) is 5.82. The van der Waals surface area contributed by atoms with Gasteiger partial charge in [0.05, 0.1) is 31.0 Å². The first-order valence-electron chi connectivity index (χ1n) is 8.81. The molecule has 1 aromatic carbocycles. The van der Waals surface area contributed by atoms with E-state index in [4.69, 9.17) is 15.0 Å². The average Bonchev–Trinajstić information content (AvgIpc) is 3.36. The number of hydrazone groups is 1. The van der Waals surface area contributed by atoms with Crippen LogP contribution in [0.5, 0.6) is 0 Å². The van der Waals surface area contributed by atoms with Crippen molar-refractivity contribution in [1.29, 1.82) is 0 Å². The van der Waals surface area contributed by atoms with Gasteiger partial charge < -0.3 is 25.2 Å². The molecule has 152 valence electrons. The molecule has 0 bridgehead atoms. The predicted molar refractivity (Wildman–Crippen MR) is 101 cm³/mol. The number of ether oxygens (including phenoxy) is 1. The van der Waals surface area contributed by atoms with E-state index in [2.05, 4.69) is 15.6 Å². The molecule has 0 radical (unpaired) electrons. The van der Waals surface area contributed by atoms with E-state index in [0.29, 0.717) is 24.6 Å². The first kappa shape index (κ1) is 18.5. The molecule has 1 saturated heterocycles. The van der Waals surface area contributed by atoms with Gasteiger partial charge in [-0.25, -0.2) is 19.0 Å². The molecule has 3 N–H and O–H groups in total. The third kappa shape index (κ3) is 3.90. The van der Waals surface area contributed by atoms with Gasteiger partial charge in [-0.05, 0) is 18.2 Å². The Labute approximate surface area is 164 Å². The summed E-state index contributed by atoms with van der Waals surface area (Å²) in [6.07, 6.45) is 1.79. The van der Waals surface area contributed by atoms with Crippen LogP contribution in [0.15, 0.2) is 40.2 Å². The second-order valence-electron chi connectivity index (χ2n) is 6.40. The number of nitrogens with zero attached hydrogens (tertiary/aromatic N) is 5. The zero-order valence-electron chi connectivity index (χ0n) is 15.2. The summed E-state index contributed by atoms with van der Waals surface area (Å²) in [5, 5.41) is 11.7. The monoisotopic (exact) mass is 403 g/mol. The van der Waals surface area contributed by atoms with Crippen LogP contribution in [-0.4, -0.2) is 60.9 Å². The smallest absolute Gasteiger partial charge is 0.414 e. The number of amides is 3. The van der Waals surface area contributed by atoms with Crippen molar-refractivity contribution in [2.24, 2.45) is 10.8 Å². The van der Waals surface area contributed by atoms with Gasteiger partial charge in [0.2, 0.25) is 0 Å². The number of hydrogen-bond donors (Lipinski definition) is 2. The summed E-state index contributed by atoms with van der Waals surface area (Å²) in [4.78, 5) is 26.2. The molecule has 11 nitrogen and oxygen atoms in total. The highest BCUT2D eigenvalue weighted by Gasteiger charge is 2.33. The van der Waals surface area contributed by atoms with Gasteiger partial charge in [-0.2, -0.15) is 5.10 Å². The first-order valence-corrected chi connectivity index (χ1v) is 8.81. The largest absolute Gasteiger partial charge is 0.442 e. The van der Waals surface area contributed by atoms with E-state index in [1.54, 1.807) is 23.1 Å². The minimum absolute atomic E-state index is 0.242. The van der Waals surface area contributed by atoms with E-state index in [1.165, 1.54) is 23.6 Å². The van der Waals surface area contributed by atoms with Gasteiger partial charge in [0, 0.05) is 12.6 Å². The summed E-state index contributed by atoms with van der Waals surface area (Å²) in [5.74, 6) is 0.00596. The fourth-order valence-corrected chi connectivity index (χ4v) is 3.05. The number of carbonyl (C=O) groups is 2. The number of nitrogens with one attached hydrogen (secondary N) is 1. The van der Waals surface area contributed by atoms with Crippen LogP contribution < -0.4 is 20.9 Å². The van der Waals surface area contributed by atoms with Gasteiger partial charge >= 0.3 is 12.1 Å². The van der Waals surface area contributed by atoms with Crippen molar-refractivity contribution in [3.63, 3.8) is 0 Å². The maximum atomic E-state index is 14.7. The number of hydrogen-bond acceptors (Lipinski definition) is 8. The lowest BCUT2D eigenvalue weighted by Crippen LogP contribution is -2.43. The molecule has 12 heteroatoms. The molecule has 1 atom stereocenters. The second-order valence-corrected chi connectivity index (χ2v) is 6.40. The third-order valence-electron chi connectivity index (χ3n) is 4.51. The van der Waals surface area contributed by atoms with Gasteiger partial charge in [0.25, 0.3) is 0 Å². The fraction of sp³-hybridized carbons (Fsp3) is 0.294. The maximum Gasteiger partial charge on any atom is 0.414 e. The van der Waals surface area contributed by atoms with Crippen LogP contribution in [0.1, 0.15) is 0 Å². The maximum absolute atomic E-state index is 14.7. The van der Waals surface area contributed by atoms with Crippen molar-refractivity contribution in [2.45, 2.75) is 6.10 Å². The Morgan fingerprint density at radius 1 is 1.34 bits per heavy atom. The molecule has 3 heterocycles. The summed E-state index contributed by atoms with van der Waals surface area (Å²) in [7, 11) is 0. The van der Waals surface area contributed by atoms with E-state index in [9.17, 15) is 14.0 Å². The van der Waals surface area contributed by atoms with Gasteiger partial charge in [0.1, 0.15) is 24.5 Å². The minimum Gasteiger partial charge on any atom is -0.442 e. The molecule has 0 saturated carbocycles. The van der Waals surface area contributed by atoms with Crippen molar-refractivity contribution in [1.82, 2.24) is 10.2 Å². The summed E-state index contributed by atoms with van der Waals surface area (Å²) in [6, 6.07) is 5.41. The Bertz CT molecular complexity index is 936. The topological polar surface area (TPSA) is 130 Å². The molecule has 4 rings (SSSR count). The molecule has 0 unspecified atom stereocenters. The molecule has 2 aromatic rings. The van der Waals surface area contributed by atoms with Gasteiger partial charge in [0.15, 0.2) is 5.82 Å². The SMILES string of the molecule is NC(=O)N1CCN(c2ccc(N3C[C@H](CNc4ccon4)OC3=O)cc2F)C=N1. The van der Waals surface area contributed by atoms with Crippen LogP contribution in [0.2, 0.25) is 0 Å². The van der Waals surface area contributed by atoms with Gasteiger partial charge in [-0.3, -0.25) is 4.90 Å². The van der Waals surface area contributed by atoms with Crippen molar-refractivity contribution < 1.29 is 23.2 Å². The first-order chi connectivity index (χ1) is 14.0. The number of halogens is 1. The van der Waals surface area contributed by atoms with Gasteiger partial charge in [-0.15, -0.1) is 0 Å². The molecular formula is C17H18FN7O4. The minimum atomic E-state index is -0.670. The van der Waals surface area contributed by atoms with Crippen molar-refractivity contribution in [3.05, 3.63) is 36.3 Å². The standard InChI is InChI=1S/C17H18FN7O4/c18-13-7-11(1-2-14(13)23-4-5-25(16(19)26)21-10-23)24-9-12(29-17(24)27)8-20-15-3-6-28-22-15/h1-3,6-7,10,12H,4-5,8-9H2,(H2,19,26)(H,20,22)/t12-/m0/s1. The van der Waals surface area contributed by atoms with Crippen molar-refractivity contribution in [2.75, 3.05) is 41.3 Å². The number of urea groups is 1. The zero-order chi connectivity index (χ0) is 20.4. The van der Waals surface area contributed by atoms with Crippen LogP contribution in [0.4, 0.5) is 31.2 Å². The molecule has 2 aliphatic rings. The molecular weight excluding hydrogens is 385 g/mol. The Kier molecular flexibility index (Phi) is 4.89. The molecule has 1 fully saturated rings. The van der Waals surface area contributed by atoms with Crippen molar-refractivity contribution >= 4 is 35.7 Å². The van der Waals surface area contributed by atoms with Crippen LogP contribution in [0.25, 0.3) is 0 Å². The van der Waals surface area contributed by atoms with E-state index >= 15 is 0 Å². The summed E-state index contributed by atoms with van der Waals surface area (Å²) < 4.78 is 24.7. The lowest BCUT2D eigenvalue weighted by atomic mass is 10.2. The normalized spacial score (nSPS) is 18.9.